The SMILES string of the molecule is Cc1cc(C)cc(-c2[nH]c3c(Cl)cc(Br)cc3c2CCCCN)c1. The van der Waals surface area contributed by atoms with Crippen LogP contribution in [0.2, 0.25) is 5.02 Å². The van der Waals surface area contributed by atoms with Crippen molar-refractivity contribution in [3.63, 3.8) is 0 Å². The summed E-state index contributed by atoms with van der Waals surface area (Å²) in [5, 5.41) is 1.94. The van der Waals surface area contributed by atoms with Gasteiger partial charge in [0.25, 0.3) is 0 Å². The van der Waals surface area contributed by atoms with Crippen molar-refractivity contribution in [1.82, 2.24) is 4.98 Å². The van der Waals surface area contributed by atoms with E-state index >= 15 is 0 Å². The zero-order chi connectivity index (χ0) is 17.3. The van der Waals surface area contributed by atoms with Crippen molar-refractivity contribution in [1.29, 1.82) is 0 Å². The molecule has 3 N–H and O–H groups in total. The van der Waals surface area contributed by atoms with Crippen LogP contribution in [0.5, 0.6) is 0 Å². The Kier molecular flexibility index (Phi) is 5.33. The van der Waals surface area contributed by atoms with Crippen molar-refractivity contribution in [3.05, 3.63) is 56.5 Å². The van der Waals surface area contributed by atoms with Gasteiger partial charge in [0.2, 0.25) is 0 Å². The van der Waals surface area contributed by atoms with Crippen LogP contribution < -0.4 is 5.73 Å². The predicted molar refractivity (Wildman–Crippen MR) is 108 cm³/mol. The Morgan fingerprint density at radius 2 is 1.75 bits per heavy atom. The summed E-state index contributed by atoms with van der Waals surface area (Å²) >= 11 is 10.0. The van der Waals surface area contributed by atoms with E-state index in [1.807, 2.05) is 6.07 Å². The van der Waals surface area contributed by atoms with Gasteiger partial charge in [0.1, 0.15) is 0 Å². The van der Waals surface area contributed by atoms with Gasteiger partial charge in [-0.3, -0.25) is 0 Å². The smallest absolute Gasteiger partial charge is 0.0658 e. The highest BCUT2D eigenvalue weighted by Gasteiger charge is 2.16. The zero-order valence-corrected chi connectivity index (χ0v) is 16.4. The Balaban J connectivity index is 2.21. The maximum Gasteiger partial charge on any atom is 0.0658 e. The Bertz CT molecular complexity index is 863. The lowest BCUT2D eigenvalue weighted by Crippen LogP contribution is -1.99. The van der Waals surface area contributed by atoms with Gasteiger partial charge in [-0.05, 0) is 75.0 Å². The summed E-state index contributed by atoms with van der Waals surface area (Å²) in [5.41, 5.74) is 12.9. The van der Waals surface area contributed by atoms with Crippen LogP contribution in [0.1, 0.15) is 29.5 Å². The molecule has 2 aromatic carbocycles. The molecule has 0 aliphatic rings. The molecular formula is C20H22BrClN2. The van der Waals surface area contributed by atoms with Gasteiger partial charge >= 0.3 is 0 Å². The van der Waals surface area contributed by atoms with E-state index < -0.39 is 0 Å². The molecule has 3 rings (SSSR count). The Hall–Kier alpha value is -1.29. The number of unbranched alkanes of at least 4 members (excludes halogenated alkanes) is 1. The molecule has 0 unspecified atom stereocenters. The van der Waals surface area contributed by atoms with Gasteiger partial charge in [-0.1, -0.05) is 44.7 Å². The molecule has 0 amide bonds. The first-order valence-corrected chi connectivity index (χ1v) is 9.45. The van der Waals surface area contributed by atoms with Gasteiger partial charge in [-0.15, -0.1) is 0 Å². The number of rotatable bonds is 5. The molecule has 0 aliphatic heterocycles. The summed E-state index contributed by atoms with van der Waals surface area (Å²) < 4.78 is 1.01. The van der Waals surface area contributed by atoms with Crippen molar-refractivity contribution in [2.45, 2.75) is 33.1 Å². The first kappa shape index (κ1) is 17.5. The van der Waals surface area contributed by atoms with Crippen LogP contribution in [0.15, 0.2) is 34.8 Å². The lowest BCUT2D eigenvalue weighted by molar-refractivity contribution is 0.748. The minimum absolute atomic E-state index is 0.728. The number of fused-ring (bicyclic) bond motifs is 1. The number of H-pyrrole nitrogens is 1. The van der Waals surface area contributed by atoms with Crippen LogP contribution in [-0.4, -0.2) is 11.5 Å². The van der Waals surface area contributed by atoms with E-state index in [4.69, 9.17) is 17.3 Å². The third-order valence-electron chi connectivity index (χ3n) is 4.32. The number of nitrogens with two attached hydrogens (primary N) is 1. The molecule has 1 heterocycles. The molecular weight excluding hydrogens is 384 g/mol. The Morgan fingerprint density at radius 1 is 1.04 bits per heavy atom. The van der Waals surface area contributed by atoms with Gasteiger partial charge in [0.05, 0.1) is 10.5 Å². The van der Waals surface area contributed by atoms with Crippen molar-refractivity contribution in [2.24, 2.45) is 5.73 Å². The molecule has 0 atom stereocenters. The summed E-state index contributed by atoms with van der Waals surface area (Å²) in [6.07, 6.45) is 3.10. The molecule has 3 aromatic rings. The second kappa shape index (κ2) is 7.30. The van der Waals surface area contributed by atoms with Crippen molar-refractivity contribution in [2.75, 3.05) is 6.54 Å². The van der Waals surface area contributed by atoms with Gasteiger partial charge in [0.15, 0.2) is 0 Å². The second-order valence-corrected chi connectivity index (χ2v) is 7.73. The standard InChI is InChI=1S/C20H22BrClN2/c1-12-7-13(2)9-14(8-12)19-16(5-3-4-6-23)17-10-15(21)11-18(22)20(17)24-19/h7-11,24H,3-6,23H2,1-2H3. The monoisotopic (exact) mass is 404 g/mol. The lowest BCUT2D eigenvalue weighted by atomic mass is 9.98. The molecule has 0 radical (unpaired) electrons. The van der Waals surface area contributed by atoms with Crippen LogP contribution in [0.4, 0.5) is 0 Å². The number of benzene rings is 2. The van der Waals surface area contributed by atoms with E-state index in [1.165, 1.54) is 33.3 Å². The largest absolute Gasteiger partial charge is 0.353 e. The van der Waals surface area contributed by atoms with Gasteiger partial charge in [-0.2, -0.15) is 0 Å². The third kappa shape index (κ3) is 3.53. The lowest BCUT2D eigenvalue weighted by Gasteiger charge is -2.08. The predicted octanol–water partition coefficient (Wildman–Crippen LogP) is 6.15. The number of halogens is 2. The molecule has 0 saturated heterocycles. The molecule has 0 aliphatic carbocycles. The quantitative estimate of drug-likeness (QED) is 0.491. The number of nitrogens with one attached hydrogen (secondary N) is 1. The first-order chi connectivity index (χ1) is 11.5. The van der Waals surface area contributed by atoms with Gasteiger partial charge < -0.3 is 10.7 Å². The molecule has 24 heavy (non-hydrogen) atoms. The van der Waals surface area contributed by atoms with E-state index in [1.54, 1.807) is 0 Å². The van der Waals surface area contributed by atoms with Gasteiger partial charge in [-0.25, -0.2) is 0 Å². The number of aromatic nitrogens is 1. The fourth-order valence-electron chi connectivity index (χ4n) is 3.34. The van der Waals surface area contributed by atoms with Crippen LogP contribution in [0.3, 0.4) is 0 Å². The third-order valence-corrected chi connectivity index (χ3v) is 5.08. The summed E-state index contributed by atoms with van der Waals surface area (Å²) in [6, 6.07) is 10.8. The topological polar surface area (TPSA) is 41.8 Å². The van der Waals surface area contributed by atoms with Crippen LogP contribution in [0, 0.1) is 13.8 Å². The average molecular weight is 406 g/mol. The number of aromatic amines is 1. The highest BCUT2D eigenvalue weighted by Crippen LogP contribution is 2.37. The highest BCUT2D eigenvalue weighted by molar-refractivity contribution is 9.10. The molecule has 4 heteroatoms. The first-order valence-electron chi connectivity index (χ1n) is 8.28. The summed E-state index contributed by atoms with van der Waals surface area (Å²) in [4.78, 5) is 3.57. The molecule has 2 nitrogen and oxygen atoms in total. The zero-order valence-electron chi connectivity index (χ0n) is 14.0. The number of hydrogen-bond donors (Lipinski definition) is 2. The molecule has 0 fully saturated rings. The van der Waals surface area contributed by atoms with Crippen molar-refractivity contribution < 1.29 is 0 Å². The van der Waals surface area contributed by atoms with E-state index in [0.29, 0.717) is 0 Å². The van der Waals surface area contributed by atoms with E-state index in [9.17, 15) is 0 Å². The average Bonchev–Trinajstić information content (AvgIpc) is 2.86. The van der Waals surface area contributed by atoms with Gasteiger partial charge in [0, 0.05) is 15.6 Å². The van der Waals surface area contributed by atoms with Crippen LogP contribution in [-0.2, 0) is 6.42 Å². The minimum atomic E-state index is 0.728. The highest BCUT2D eigenvalue weighted by atomic mass is 79.9. The molecule has 1 aromatic heterocycles. The molecule has 0 bridgehead atoms. The van der Waals surface area contributed by atoms with E-state index in [0.717, 1.165) is 40.8 Å². The number of hydrogen-bond acceptors (Lipinski definition) is 1. The maximum absolute atomic E-state index is 6.48. The van der Waals surface area contributed by atoms with Crippen LogP contribution >= 0.6 is 27.5 Å². The maximum atomic E-state index is 6.48. The van der Waals surface area contributed by atoms with Crippen LogP contribution in [0.25, 0.3) is 22.2 Å². The second-order valence-electron chi connectivity index (χ2n) is 6.41. The summed E-state index contributed by atoms with van der Waals surface area (Å²) in [6.45, 7) is 5.00. The van der Waals surface area contributed by atoms with Crippen molar-refractivity contribution in [3.8, 4) is 11.3 Å². The number of aryl methyl sites for hydroxylation is 3. The summed E-state index contributed by atoms with van der Waals surface area (Å²) in [7, 11) is 0. The molecule has 126 valence electrons. The minimum Gasteiger partial charge on any atom is -0.353 e. The Morgan fingerprint density at radius 3 is 2.42 bits per heavy atom. The summed E-state index contributed by atoms with van der Waals surface area (Å²) in [5.74, 6) is 0. The fourth-order valence-corrected chi connectivity index (χ4v) is 4.20. The molecule has 0 spiro atoms. The van der Waals surface area contributed by atoms with E-state index in [-0.39, 0.29) is 0 Å². The molecule has 0 saturated carbocycles. The van der Waals surface area contributed by atoms with Crippen molar-refractivity contribution >= 4 is 38.4 Å². The van der Waals surface area contributed by atoms with E-state index in [2.05, 4.69) is 59.0 Å². The normalized spacial score (nSPS) is 11.4. The Labute approximate surface area is 156 Å². The fraction of sp³-hybridized carbons (Fsp3) is 0.300.